The Hall–Kier alpha value is -2.55. The van der Waals surface area contributed by atoms with Gasteiger partial charge in [-0.05, 0) is 36.9 Å². The van der Waals surface area contributed by atoms with Gasteiger partial charge in [-0.1, -0.05) is 36.4 Å². The predicted molar refractivity (Wildman–Crippen MR) is 90.0 cm³/mol. The fourth-order valence-corrected chi connectivity index (χ4v) is 2.65. The molecule has 3 aromatic rings. The van der Waals surface area contributed by atoms with Crippen LogP contribution in [-0.2, 0) is 0 Å². The number of nitrogens with zero attached hydrogens (tertiary/aromatic N) is 2. The third kappa shape index (κ3) is 2.31. The highest BCUT2D eigenvalue weighted by Gasteiger charge is 2.15. The molecule has 0 bridgehead atoms. The smallest absolute Gasteiger partial charge is 0.156 e. The van der Waals surface area contributed by atoms with Crippen LogP contribution < -0.4 is 10.6 Å². The van der Waals surface area contributed by atoms with E-state index in [1.165, 1.54) is 10.8 Å². The quantitative estimate of drug-likeness (QED) is 0.776. The second-order valence-corrected chi connectivity index (χ2v) is 5.11. The Balaban J connectivity index is 2.21. The van der Waals surface area contributed by atoms with Crippen molar-refractivity contribution in [2.24, 2.45) is 0 Å². The van der Waals surface area contributed by atoms with E-state index in [2.05, 4.69) is 59.3 Å². The number of pyridine rings is 1. The van der Waals surface area contributed by atoms with E-state index in [1.807, 2.05) is 19.2 Å². The fourth-order valence-electron chi connectivity index (χ4n) is 2.65. The van der Waals surface area contributed by atoms with Crippen LogP contribution in [0, 0.1) is 6.92 Å². The Morgan fingerprint density at radius 3 is 2.62 bits per heavy atom. The largest absolute Gasteiger partial charge is 0.396 e. The molecule has 0 saturated heterocycles. The number of nitrogen functional groups attached to an aromatic ring is 1. The zero-order chi connectivity index (χ0) is 14.8. The molecular weight excluding hydrogens is 258 g/mol. The number of nitrogens with two attached hydrogens (primary N) is 1. The van der Waals surface area contributed by atoms with Crippen molar-refractivity contribution in [3.05, 3.63) is 60.3 Å². The average Bonchev–Trinajstić information content (AvgIpc) is 2.52. The molecule has 0 aliphatic heterocycles. The summed E-state index contributed by atoms with van der Waals surface area (Å²) in [5, 5.41) is 2.43. The summed E-state index contributed by atoms with van der Waals surface area (Å²) < 4.78 is 0. The van der Waals surface area contributed by atoms with Crippen LogP contribution in [0.25, 0.3) is 10.8 Å². The summed E-state index contributed by atoms with van der Waals surface area (Å²) in [6.45, 7) is 4.94. The SMILES string of the molecule is CCN(c1nccc(C)c1N)c1cccc2ccccc12. The molecule has 3 nitrogen and oxygen atoms in total. The van der Waals surface area contributed by atoms with Gasteiger partial charge < -0.3 is 10.6 Å². The minimum atomic E-state index is 0.743. The number of rotatable bonds is 3. The zero-order valence-corrected chi connectivity index (χ0v) is 12.4. The van der Waals surface area contributed by atoms with Gasteiger partial charge in [0.2, 0.25) is 0 Å². The van der Waals surface area contributed by atoms with Crippen LogP contribution >= 0.6 is 0 Å². The van der Waals surface area contributed by atoms with Crippen LogP contribution in [0.15, 0.2) is 54.7 Å². The van der Waals surface area contributed by atoms with Crippen molar-refractivity contribution in [1.82, 2.24) is 4.98 Å². The van der Waals surface area contributed by atoms with Gasteiger partial charge in [-0.25, -0.2) is 4.98 Å². The van der Waals surface area contributed by atoms with Crippen LogP contribution in [0.3, 0.4) is 0 Å². The van der Waals surface area contributed by atoms with Crippen molar-refractivity contribution >= 4 is 28.0 Å². The molecule has 2 aromatic carbocycles. The highest BCUT2D eigenvalue weighted by molar-refractivity contribution is 5.96. The highest BCUT2D eigenvalue weighted by Crippen LogP contribution is 2.34. The van der Waals surface area contributed by atoms with Crippen LogP contribution in [0.1, 0.15) is 12.5 Å². The van der Waals surface area contributed by atoms with Crippen LogP contribution in [0.5, 0.6) is 0 Å². The number of fused-ring (bicyclic) bond motifs is 1. The summed E-state index contributed by atoms with van der Waals surface area (Å²) in [7, 11) is 0. The van der Waals surface area contributed by atoms with E-state index in [9.17, 15) is 0 Å². The molecule has 0 atom stereocenters. The maximum Gasteiger partial charge on any atom is 0.156 e. The maximum atomic E-state index is 6.24. The molecule has 0 aliphatic rings. The molecule has 2 N–H and O–H groups in total. The van der Waals surface area contributed by atoms with E-state index in [-0.39, 0.29) is 0 Å². The number of hydrogen-bond donors (Lipinski definition) is 1. The van der Waals surface area contributed by atoms with Gasteiger partial charge in [0.25, 0.3) is 0 Å². The Morgan fingerprint density at radius 1 is 1.05 bits per heavy atom. The molecule has 0 amide bonds. The van der Waals surface area contributed by atoms with E-state index in [4.69, 9.17) is 5.73 Å². The minimum absolute atomic E-state index is 0.743. The first-order valence-electron chi connectivity index (χ1n) is 7.18. The van der Waals surface area contributed by atoms with Crippen molar-refractivity contribution in [3.63, 3.8) is 0 Å². The van der Waals surface area contributed by atoms with Gasteiger partial charge in [-0.15, -0.1) is 0 Å². The normalized spacial score (nSPS) is 10.8. The fraction of sp³-hybridized carbons (Fsp3) is 0.167. The second-order valence-electron chi connectivity index (χ2n) is 5.11. The van der Waals surface area contributed by atoms with E-state index in [0.29, 0.717) is 0 Å². The molecule has 0 aliphatic carbocycles. The lowest BCUT2D eigenvalue weighted by Gasteiger charge is -2.25. The number of hydrogen-bond acceptors (Lipinski definition) is 3. The van der Waals surface area contributed by atoms with E-state index < -0.39 is 0 Å². The lowest BCUT2D eigenvalue weighted by atomic mass is 10.1. The molecule has 106 valence electrons. The van der Waals surface area contributed by atoms with Gasteiger partial charge in [0.15, 0.2) is 5.82 Å². The topological polar surface area (TPSA) is 42.2 Å². The summed E-state index contributed by atoms with van der Waals surface area (Å²) in [4.78, 5) is 6.67. The number of aromatic nitrogens is 1. The van der Waals surface area contributed by atoms with Gasteiger partial charge in [0.1, 0.15) is 0 Å². The van der Waals surface area contributed by atoms with Crippen molar-refractivity contribution in [3.8, 4) is 0 Å². The van der Waals surface area contributed by atoms with E-state index in [1.54, 1.807) is 0 Å². The monoisotopic (exact) mass is 277 g/mol. The molecule has 1 aromatic heterocycles. The lowest BCUT2D eigenvalue weighted by Crippen LogP contribution is -2.19. The maximum absolute atomic E-state index is 6.24. The molecule has 0 unspecified atom stereocenters. The molecule has 3 heteroatoms. The van der Waals surface area contributed by atoms with E-state index in [0.717, 1.165) is 29.3 Å². The van der Waals surface area contributed by atoms with Gasteiger partial charge in [0.05, 0.1) is 11.4 Å². The van der Waals surface area contributed by atoms with Crippen LogP contribution in [0.2, 0.25) is 0 Å². The Morgan fingerprint density at radius 2 is 1.81 bits per heavy atom. The lowest BCUT2D eigenvalue weighted by molar-refractivity contribution is 0.995. The summed E-state index contributed by atoms with van der Waals surface area (Å²) in [6, 6.07) is 16.6. The molecule has 0 fully saturated rings. The number of benzene rings is 2. The molecule has 0 radical (unpaired) electrons. The van der Waals surface area contributed by atoms with Crippen LogP contribution in [0.4, 0.5) is 17.2 Å². The highest BCUT2D eigenvalue weighted by atomic mass is 15.2. The first-order chi connectivity index (χ1) is 10.2. The first kappa shape index (κ1) is 13.4. The van der Waals surface area contributed by atoms with Gasteiger partial charge >= 0.3 is 0 Å². The van der Waals surface area contributed by atoms with Crippen molar-refractivity contribution in [2.75, 3.05) is 17.2 Å². The third-order valence-electron chi connectivity index (χ3n) is 3.82. The van der Waals surface area contributed by atoms with Gasteiger partial charge in [-0.2, -0.15) is 0 Å². The molecule has 3 rings (SSSR count). The van der Waals surface area contributed by atoms with Gasteiger partial charge in [-0.3, -0.25) is 0 Å². The number of aryl methyl sites for hydroxylation is 1. The molecular formula is C18H19N3. The Labute approximate surface area is 125 Å². The Bertz CT molecular complexity index is 775. The summed E-state index contributed by atoms with van der Waals surface area (Å²) >= 11 is 0. The third-order valence-corrected chi connectivity index (χ3v) is 3.82. The summed E-state index contributed by atoms with van der Waals surface area (Å²) in [5.74, 6) is 0.828. The molecule has 1 heterocycles. The van der Waals surface area contributed by atoms with E-state index >= 15 is 0 Å². The zero-order valence-electron chi connectivity index (χ0n) is 12.4. The summed E-state index contributed by atoms with van der Waals surface area (Å²) in [5.41, 5.74) is 9.17. The molecule has 0 spiro atoms. The van der Waals surface area contributed by atoms with Crippen LogP contribution in [-0.4, -0.2) is 11.5 Å². The van der Waals surface area contributed by atoms with Crippen molar-refractivity contribution in [1.29, 1.82) is 0 Å². The number of anilines is 3. The first-order valence-corrected chi connectivity index (χ1v) is 7.18. The van der Waals surface area contributed by atoms with Crippen molar-refractivity contribution in [2.45, 2.75) is 13.8 Å². The Kier molecular flexibility index (Phi) is 3.48. The molecule has 0 saturated carbocycles. The molecule has 21 heavy (non-hydrogen) atoms. The standard InChI is InChI=1S/C18H19N3/c1-3-21(18-17(19)13(2)11-12-20-18)16-10-6-8-14-7-4-5-9-15(14)16/h4-12H,3,19H2,1-2H3. The average molecular weight is 277 g/mol. The minimum Gasteiger partial charge on any atom is -0.396 e. The summed E-state index contributed by atoms with van der Waals surface area (Å²) in [6.07, 6.45) is 1.81. The van der Waals surface area contributed by atoms with Crippen molar-refractivity contribution < 1.29 is 0 Å². The van der Waals surface area contributed by atoms with Gasteiger partial charge in [0, 0.05) is 18.1 Å². The second kappa shape index (κ2) is 5.44. The predicted octanol–water partition coefficient (Wildman–Crippen LogP) is 4.28.